The van der Waals surface area contributed by atoms with Crippen molar-refractivity contribution in [1.29, 1.82) is 0 Å². The number of benzene rings is 1. The van der Waals surface area contributed by atoms with Crippen molar-refractivity contribution in [1.82, 2.24) is 4.90 Å². The molecule has 0 amide bonds. The normalized spacial score (nSPS) is 21.6. The van der Waals surface area contributed by atoms with Crippen LogP contribution in [0.25, 0.3) is 0 Å². The monoisotopic (exact) mass is 295 g/mol. The van der Waals surface area contributed by atoms with Gasteiger partial charge < -0.3 is 0 Å². The van der Waals surface area contributed by atoms with Crippen molar-refractivity contribution in [3.8, 4) is 0 Å². The second-order valence-corrected chi connectivity index (χ2v) is 5.73. The van der Waals surface area contributed by atoms with Crippen LogP contribution in [-0.2, 0) is 6.54 Å². The maximum Gasteiger partial charge on any atom is 0.0236 e. The van der Waals surface area contributed by atoms with Gasteiger partial charge in [0.05, 0.1) is 0 Å². The van der Waals surface area contributed by atoms with Crippen LogP contribution in [0.2, 0.25) is 0 Å². The molecule has 17 heavy (non-hydrogen) atoms. The van der Waals surface area contributed by atoms with Crippen LogP contribution in [0.4, 0.5) is 0 Å². The molecule has 94 valence electrons. The smallest absolute Gasteiger partial charge is 0.0236 e. The Balaban J connectivity index is 1.92. The first-order valence-electron chi connectivity index (χ1n) is 6.74. The quantitative estimate of drug-likeness (QED) is 0.735. The zero-order valence-corrected chi connectivity index (χ0v) is 12.0. The Morgan fingerprint density at radius 3 is 2.76 bits per heavy atom. The molecular weight excluding hydrogens is 274 g/mol. The van der Waals surface area contributed by atoms with Gasteiger partial charge in [0.25, 0.3) is 0 Å². The predicted octanol–water partition coefficient (Wildman–Crippen LogP) is 4.22. The van der Waals surface area contributed by atoms with E-state index in [4.69, 9.17) is 0 Å². The molecule has 0 aromatic heterocycles. The summed E-state index contributed by atoms with van der Waals surface area (Å²) in [7, 11) is 0. The first-order chi connectivity index (χ1) is 8.40. The molecule has 0 aliphatic carbocycles. The Bertz CT molecular complexity index is 312. The fourth-order valence-electron chi connectivity index (χ4n) is 2.73. The van der Waals surface area contributed by atoms with E-state index >= 15 is 0 Å². The third kappa shape index (κ3) is 4.11. The highest BCUT2D eigenvalue weighted by Crippen LogP contribution is 2.23. The molecule has 1 atom stereocenters. The van der Waals surface area contributed by atoms with Crippen LogP contribution in [0.3, 0.4) is 0 Å². The molecule has 1 fully saturated rings. The molecule has 0 spiro atoms. The fourth-order valence-corrected chi connectivity index (χ4v) is 3.05. The van der Waals surface area contributed by atoms with Crippen molar-refractivity contribution in [2.75, 3.05) is 11.9 Å². The van der Waals surface area contributed by atoms with Crippen molar-refractivity contribution in [3.05, 3.63) is 35.9 Å². The second-order valence-electron chi connectivity index (χ2n) is 4.94. The molecule has 1 aliphatic rings. The number of likely N-dealkylation sites (tertiary alicyclic amines) is 1. The van der Waals surface area contributed by atoms with Gasteiger partial charge >= 0.3 is 0 Å². The Labute approximate surface area is 113 Å². The van der Waals surface area contributed by atoms with Crippen LogP contribution in [0.15, 0.2) is 30.3 Å². The van der Waals surface area contributed by atoms with Gasteiger partial charge in [0, 0.05) is 17.9 Å². The summed E-state index contributed by atoms with van der Waals surface area (Å²) in [5, 5.41) is 1.14. The van der Waals surface area contributed by atoms with E-state index in [9.17, 15) is 0 Å². The molecule has 1 heterocycles. The molecule has 1 saturated heterocycles. The molecule has 1 aromatic rings. The molecule has 0 N–H and O–H groups in total. The summed E-state index contributed by atoms with van der Waals surface area (Å²) in [6.45, 7) is 2.41. The van der Waals surface area contributed by atoms with Crippen molar-refractivity contribution in [2.45, 2.75) is 44.7 Å². The van der Waals surface area contributed by atoms with Gasteiger partial charge in [-0.25, -0.2) is 0 Å². The summed E-state index contributed by atoms with van der Waals surface area (Å²) in [4.78, 5) is 2.68. The largest absolute Gasteiger partial charge is 0.296 e. The summed E-state index contributed by atoms with van der Waals surface area (Å²) < 4.78 is 0. The molecule has 2 heteroatoms. The first-order valence-corrected chi connectivity index (χ1v) is 7.86. The summed E-state index contributed by atoms with van der Waals surface area (Å²) in [5.41, 5.74) is 1.46. The first kappa shape index (κ1) is 13.1. The van der Waals surface area contributed by atoms with Crippen molar-refractivity contribution < 1.29 is 0 Å². The van der Waals surface area contributed by atoms with Gasteiger partial charge in [-0.1, -0.05) is 52.7 Å². The number of nitrogens with zero attached hydrogens (tertiary/aromatic N) is 1. The fraction of sp³-hybridized carbons (Fsp3) is 0.600. The minimum atomic E-state index is 0.807. The van der Waals surface area contributed by atoms with E-state index in [1.807, 2.05) is 0 Å². The van der Waals surface area contributed by atoms with Crippen LogP contribution < -0.4 is 0 Å². The van der Waals surface area contributed by atoms with Gasteiger partial charge in [-0.2, -0.15) is 0 Å². The minimum absolute atomic E-state index is 0.807. The van der Waals surface area contributed by atoms with Gasteiger partial charge in [0.15, 0.2) is 0 Å². The minimum Gasteiger partial charge on any atom is -0.296 e. The lowest BCUT2D eigenvalue weighted by Gasteiger charge is -2.35. The number of hydrogen-bond acceptors (Lipinski definition) is 1. The Morgan fingerprint density at radius 2 is 2.00 bits per heavy atom. The number of alkyl halides is 1. The topological polar surface area (TPSA) is 3.24 Å². The Kier molecular flexibility index (Phi) is 5.53. The summed E-state index contributed by atoms with van der Waals surface area (Å²) in [6, 6.07) is 11.7. The molecular formula is C15H22BrN. The third-order valence-electron chi connectivity index (χ3n) is 3.65. The van der Waals surface area contributed by atoms with Crippen molar-refractivity contribution in [2.24, 2.45) is 0 Å². The standard InChI is InChI=1S/C15H22BrN/c16-11-6-10-15-9-4-5-12-17(15)13-14-7-2-1-3-8-14/h1-3,7-8,15H,4-6,9-13H2/t15-/m1/s1. The van der Waals surface area contributed by atoms with Crippen molar-refractivity contribution >= 4 is 15.9 Å². The van der Waals surface area contributed by atoms with E-state index in [0.29, 0.717) is 0 Å². The lowest BCUT2D eigenvalue weighted by molar-refractivity contribution is 0.132. The van der Waals surface area contributed by atoms with Crippen LogP contribution in [-0.4, -0.2) is 22.8 Å². The van der Waals surface area contributed by atoms with E-state index in [0.717, 1.165) is 17.9 Å². The highest BCUT2D eigenvalue weighted by molar-refractivity contribution is 9.09. The van der Waals surface area contributed by atoms with E-state index in [1.54, 1.807) is 0 Å². The van der Waals surface area contributed by atoms with Gasteiger partial charge in [0.1, 0.15) is 0 Å². The maximum atomic E-state index is 3.54. The average molecular weight is 296 g/mol. The maximum absolute atomic E-state index is 3.54. The van der Waals surface area contributed by atoms with Crippen LogP contribution in [0.1, 0.15) is 37.7 Å². The summed E-state index contributed by atoms with van der Waals surface area (Å²) in [6.07, 6.45) is 6.82. The number of piperidine rings is 1. The van der Waals surface area contributed by atoms with E-state index in [1.165, 1.54) is 44.2 Å². The van der Waals surface area contributed by atoms with Crippen LogP contribution >= 0.6 is 15.9 Å². The van der Waals surface area contributed by atoms with E-state index < -0.39 is 0 Å². The molecule has 0 saturated carbocycles. The second kappa shape index (κ2) is 7.17. The molecule has 0 radical (unpaired) electrons. The molecule has 0 bridgehead atoms. The molecule has 0 unspecified atom stereocenters. The zero-order valence-electron chi connectivity index (χ0n) is 10.4. The lowest BCUT2D eigenvalue weighted by Crippen LogP contribution is -2.38. The van der Waals surface area contributed by atoms with E-state index in [2.05, 4.69) is 51.2 Å². The van der Waals surface area contributed by atoms with Crippen LogP contribution in [0.5, 0.6) is 0 Å². The van der Waals surface area contributed by atoms with Crippen molar-refractivity contribution in [3.63, 3.8) is 0 Å². The third-order valence-corrected chi connectivity index (χ3v) is 4.21. The average Bonchev–Trinajstić information content (AvgIpc) is 2.39. The van der Waals surface area contributed by atoms with Gasteiger partial charge in [-0.15, -0.1) is 0 Å². The SMILES string of the molecule is BrCCC[C@H]1CCCCN1Cc1ccccc1. The van der Waals surface area contributed by atoms with Crippen LogP contribution in [0, 0.1) is 0 Å². The summed E-state index contributed by atoms with van der Waals surface area (Å²) in [5.74, 6) is 0. The highest BCUT2D eigenvalue weighted by Gasteiger charge is 2.21. The van der Waals surface area contributed by atoms with Gasteiger partial charge in [-0.3, -0.25) is 4.90 Å². The summed E-state index contributed by atoms with van der Waals surface area (Å²) >= 11 is 3.54. The Morgan fingerprint density at radius 1 is 1.18 bits per heavy atom. The lowest BCUT2D eigenvalue weighted by atomic mass is 9.97. The number of halogens is 1. The van der Waals surface area contributed by atoms with Gasteiger partial charge in [0.2, 0.25) is 0 Å². The predicted molar refractivity (Wildman–Crippen MR) is 77.5 cm³/mol. The zero-order chi connectivity index (χ0) is 11.9. The highest BCUT2D eigenvalue weighted by atomic mass is 79.9. The molecule has 1 aliphatic heterocycles. The van der Waals surface area contributed by atoms with Gasteiger partial charge in [-0.05, 0) is 37.8 Å². The molecule has 1 nitrogen and oxygen atoms in total. The van der Waals surface area contributed by atoms with E-state index in [-0.39, 0.29) is 0 Å². The molecule has 1 aromatic carbocycles. The number of hydrogen-bond donors (Lipinski definition) is 0. The molecule has 2 rings (SSSR count). The number of rotatable bonds is 5. The Hall–Kier alpha value is -0.340.